The maximum absolute atomic E-state index is 12.7. The van der Waals surface area contributed by atoms with E-state index in [0.29, 0.717) is 27.9 Å². The zero-order valence-electron chi connectivity index (χ0n) is 15.9. The molecule has 2 aromatic carbocycles. The second kappa shape index (κ2) is 7.72. The molecule has 2 saturated heterocycles. The first-order valence-corrected chi connectivity index (χ1v) is 11.7. The van der Waals surface area contributed by atoms with Gasteiger partial charge in [0.15, 0.2) is 15.0 Å². The number of sulfone groups is 1. The average molecular weight is 433 g/mol. The van der Waals surface area contributed by atoms with Crippen molar-refractivity contribution in [3.63, 3.8) is 0 Å². The molecule has 7 nitrogen and oxygen atoms in total. The summed E-state index contributed by atoms with van der Waals surface area (Å²) in [6.45, 7) is 0. The Morgan fingerprint density at radius 3 is 2.55 bits per heavy atom. The molecule has 29 heavy (non-hydrogen) atoms. The molecule has 0 spiro atoms. The van der Waals surface area contributed by atoms with Gasteiger partial charge in [-0.3, -0.25) is 4.79 Å². The summed E-state index contributed by atoms with van der Waals surface area (Å²) in [6, 6.07) is 13.8. The second-order valence-electron chi connectivity index (χ2n) is 6.77. The Bertz CT molecular complexity index is 1070. The van der Waals surface area contributed by atoms with Crippen molar-refractivity contribution in [3.8, 4) is 11.5 Å². The van der Waals surface area contributed by atoms with Gasteiger partial charge in [0.2, 0.25) is 0 Å². The molecule has 2 heterocycles. The van der Waals surface area contributed by atoms with Crippen molar-refractivity contribution in [2.24, 2.45) is 4.99 Å². The van der Waals surface area contributed by atoms with Gasteiger partial charge in [0.1, 0.15) is 11.5 Å². The minimum atomic E-state index is -3.16. The van der Waals surface area contributed by atoms with Crippen LogP contribution in [0.15, 0.2) is 53.5 Å². The van der Waals surface area contributed by atoms with Crippen molar-refractivity contribution in [3.05, 3.63) is 54.1 Å². The number of benzene rings is 2. The number of amides is 1. The fourth-order valence-electron chi connectivity index (χ4n) is 3.56. The van der Waals surface area contributed by atoms with Gasteiger partial charge in [-0.1, -0.05) is 30.0 Å². The summed E-state index contributed by atoms with van der Waals surface area (Å²) in [6.07, 6.45) is 0. The summed E-state index contributed by atoms with van der Waals surface area (Å²) in [5, 5.41) is 0.272. The van der Waals surface area contributed by atoms with E-state index in [0.717, 1.165) is 0 Å². The van der Waals surface area contributed by atoms with Crippen LogP contribution in [0.5, 0.6) is 11.5 Å². The van der Waals surface area contributed by atoms with E-state index in [-0.39, 0.29) is 28.7 Å². The summed E-state index contributed by atoms with van der Waals surface area (Å²) in [5.41, 5.74) is 1.10. The molecule has 0 bridgehead atoms. The number of anilines is 1. The number of methoxy groups -OCH3 is 2. The number of thioether (sulfide) groups is 1. The fourth-order valence-corrected chi connectivity index (χ4v) is 7.47. The van der Waals surface area contributed by atoms with Gasteiger partial charge in [0, 0.05) is 16.9 Å². The van der Waals surface area contributed by atoms with Crippen LogP contribution >= 0.6 is 11.8 Å². The van der Waals surface area contributed by atoms with E-state index in [1.807, 2.05) is 11.0 Å². The topological polar surface area (TPSA) is 85.3 Å². The van der Waals surface area contributed by atoms with E-state index in [9.17, 15) is 13.2 Å². The number of hydrogen-bond acceptors (Lipinski definition) is 6. The first-order chi connectivity index (χ1) is 13.9. The van der Waals surface area contributed by atoms with Gasteiger partial charge in [0.25, 0.3) is 5.91 Å². The maximum Gasteiger partial charge on any atom is 0.279 e. The summed E-state index contributed by atoms with van der Waals surface area (Å²) in [4.78, 5) is 18.8. The Morgan fingerprint density at radius 2 is 1.86 bits per heavy atom. The molecule has 0 radical (unpaired) electrons. The molecule has 152 valence electrons. The number of aliphatic imine (C=N–C) groups is 1. The highest BCUT2D eigenvalue weighted by Gasteiger charge is 2.50. The molecular formula is C20H20N2O5S2. The third kappa shape index (κ3) is 3.84. The predicted octanol–water partition coefficient (Wildman–Crippen LogP) is 2.62. The Hall–Kier alpha value is -2.52. The van der Waals surface area contributed by atoms with Crippen molar-refractivity contribution in [2.45, 2.75) is 11.3 Å². The number of amidine groups is 1. The van der Waals surface area contributed by atoms with E-state index < -0.39 is 9.84 Å². The van der Waals surface area contributed by atoms with E-state index in [1.54, 1.807) is 56.7 Å². The zero-order chi connectivity index (χ0) is 20.6. The van der Waals surface area contributed by atoms with Crippen LogP contribution in [-0.2, 0) is 9.84 Å². The monoisotopic (exact) mass is 432 g/mol. The first-order valence-electron chi connectivity index (χ1n) is 8.98. The lowest BCUT2D eigenvalue weighted by molar-refractivity contribution is 0.100. The van der Waals surface area contributed by atoms with Crippen LogP contribution in [0.4, 0.5) is 5.69 Å². The van der Waals surface area contributed by atoms with E-state index in [2.05, 4.69) is 4.99 Å². The third-order valence-electron chi connectivity index (χ3n) is 4.93. The lowest BCUT2D eigenvalue weighted by Crippen LogP contribution is -2.38. The molecule has 2 fully saturated rings. The molecule has 2 aliphatic heterocycles. The molecule has 2 aliphatic rings. The van der Waals surface area contributed by atoms with E-state index in [1.165, 1.54) is 11.8 Å². The normalized spacial score (nSPS) is 23.8. The van der Waals surface area contributed by atoms with Crippen molar-refractivity contribution in [2.75, 3.05) is 30.6 Å². The number of carbonyl (C=O) groups is 1. The summed E-state index contributed by atoms with van der Waals surface area (Å²) < 4.78 is 35.3. The molecule has 4 rings (SSSR count). The number of fused-ring (bicyclic) bond motifs is 1. The predicted molar refractivity (Wildman–Crippen MR) is 114 cm³/mol. The molecule has 2 aromatic rings. The highest BCUT2D eigenvalue weighted by molar-refractivity contribution is 8.16. The largest absolute Gasteiger partial charge is 0.497 e. The highest BCUT2D eigenvalue weighted by Crippen LogP contribution is 2.45. The van der Waals surface area contributed by atoms with E-state index in [4.69, 9.17) is 9.47 Å². The summed E-state index contributed by atoms with van der Waals surface area (Å²) >= 11 is 1.32. The Kier molecular flexibility index (Phi) is 5.26. The Morgan fingerprint density at radius 1 is 1.10 bits per heavy atom. The van der Waals surface area contributed by atoms with Gasteiger partial charge in [-0.25, -0.2) is 8.42 Å². The number of ether oxygens (including phenoxy) is 2. The Balaban J connectivity index is 1.80. The van der Waals surface area contributed by atoms with Gasteiger partial charge < -0.3 is 14.4 Å². The van der Waals surface area contributed by atoms with E-state index >= 15 is 0 Å². The second-order valence-corrected chi connectivity index (χ2v) is 10.1. The SMILES string of the molecule is COc1ccc(OC)c(N2C(=NC(=O)c3ccccc3)S[C@H]3CS(=O)(=O)C[C@@H]32)c1. The fraction of sp³-hybridized carbons (Fsp3) is 0.300. The molecule has 1 amide bonds. The molecule has 0 saturated carbocycles. The third-order valence-corrected chi connectivity index (χ3v) is 8.14. The average Bonchev–Trinajstić information content (AvgIpc) is 3.18. The van der Waals surface area contributed by atoms with Gasteiger partial charge >= 0.3 is 0 Å². The number of hydrogen-bond donors (Lipinski definition) is 0. The van der Waals surface area contributed by atoms with Crippen molar-refractivity contribution in [1.29, 1.82) is 0 Å². The highest BCUT2D eigenvalue weighted by atomic mass is 32.2. The van der Waals surface area contributed by atoms with Crippen molar-refractivity contribution >= 4 is 38.4 Å². The minimum Gasteiger partial charge on any atom is -0.497 e. The van der Waals surface area contributed by atoms with Gasteiger partial charge in [0.05, 0.1) is 37.5 Å². The first kappa shape index (κ1) is 19.8. The lowest BCUT2D eigenvalue weighted by atomic mass is 10.1. The van der Waals surface area contributed by atoms with Crippen LogP contribution in [-0.4, -0.2) is 56.5 Å². The lowest BCUT2D eigenvalue weighted by Gasteiger charge is -2.26. The smallest absolute Gasteiger partial charge is 0.279 e. The summed E-state index contributed by atoms with van der Waals surface area (Å²) in [5.74, 6) is 0.843. The molecule has 0 aliphatic carbocycles. The molecule has 9 heteroatoms. The zero-order valence-corrected chi connectivity index (χ0v) is 17.6. The van der Waals surface area contributed by atoms with Crippen LogP contribution in [0.25, 0.3) is 0 Å². The van der Waals surface area contributed by atoms with Crippen molar-refractivity contribution < 1.29 is 22.7 Å². The van der Waals surface area contributed by atoms with Crippen LogP contribution in [0.3, 0.4) is 0 Å². The number of carbonyl (C=O) groups excluding carboxylic acids is 1. The van der Waals surface area contributed by atoms with Gasteiger partial charge in [-0.2, -0.15) is 4.99 Å². The summed E-state index contributed by atoms with van der Waals surface area (Å²) in [7, 11) is -0.0586. The molecule has 0 aromatic heterocycles. The van der Waals surface area contributed by atoms with Gasteiger partial charge in [-0.05, 0) is 24.3 Å². The quantitative estimate of drug-likeness (QED) is 0.734. The van der Waals surface area contributed by atoms with Crippen LogP contribution < -0.4 is 14.4 Å². The molecule has 0 unspecified atom stereocenters. The molecular weight excluding hydrogens is 412 g/mol. The molecule has 2 atom stereocenters. The van der Waals surface area contributed by atoms with Crippen molar-refractivity contribution in [1.82, 2.24) is 0 Å². The maximum atomic E-state index is 12.7. The number of nitrogens with zero attached hydrogens (tertiary/aromatic N) is 2. The van der Waals surface area contributed by atoms with Gasteiger partial charge in [-0.15, -0.1) is 0 Å². The number of rotatable bonds is 4. The standard InChI is InChI=1S/C20H20N2O5S2/c1-26-14-8-9-17(27-2)15(10-14)22-16-11-29(24,25)12-18(16)28-20(22)21-19(23)13-6-4-3-5-7-13/h3-10,16,18H,11-12H2,1-2H3/t16-,18-/m0/s1. The molecule has 0 N–H and O–H groups in total. The Labute approximate surface area is 173 Å². The van der Waals surface area contributed by atoms with Crippen LogP contribution in [0.1, 0.15) is 10.4 Å². The van der Waals surface area contributed by atoms with Crippen LogP contribution in [0, 0.1) is 0 Å². The minimum absolute atomic E-state index is 0.00355. The van der Waals surface area contributed by atoms with Crippen LogP contribution in [0.2, 0.25) is 0 Å².